The Morgan fingerprint density at radius 2 is 1.83 bits per heavy atom. The van der Waals surface area contributed by atoms with Crippen LogP contribution in [0.5, 0.6) is 5.75 Å². The SMILES string of the molecule is [C-]#[N+]C1C(SCc2ccccc2)=NC(C)=C(C(=O)Nc2ccccc2OC)C1c1ccc(Cl)cc1Cl. The molecule has 2 atom stereocenters. The molecule has 0 aromatic heterocycles. The summed E-state index contributed by atoms with van der Waals surface area (Å²) in [5.74, 6) is 0.198. The zero-order chi connectivity index (χ0) is 25.7. The van der Waals surface area contributed by atoms with Crippen LogP contribution in [0.3, 0.4) is 0 Å². The van der Waals surface area contributed by atoms with Crippen LogP contribution < -0.4 is 10.1 Å². The van der Waals surface area contributed by atoms with Crippen molar-refractivity contribution < 1.29 is 9.53 Å². The average Bonchev–Trinajstić information content (AvgIpc) is 2.88. The number of carbonyl (C=O) groups is 1. The van der Waals surface area contributed by atoms with Gasteiger partial charge in [-0.15, -0.1) is 0 Å². The van der Waals surface area contributed by atoms with Crippen LogP contribution in [-0.2, 0) is 10.5 Å². The Bertz CT molecular complexity index is 1380. The zero-order valence-corrected chi connectivity index (χ0v) is 22.0. The van der Waals surface area contributed by atoms with Gasteiger partial charge in [0.15, 0.2) is 5.04 Å². The second kappa shape index (κ2) is 11.7. The highest BCUT2D eigenvalue weighted by atomic mass is 35.5. The van der Waals surface area contributed by atoms with Crippen LogP contribution in [0.1, 0.15) is 24.0 Å². The lowest BCUT2D eigenvalue weighted by Crippen LogP contribution is -2.34. The molecule has 182 valence electrons. The number of rotatable bonds is 6. The molecule has 3 aromatic rings. The van der Waals surface area contributed by atoms with Gasteiger partial charge in [-0.2, -0.15) is 0 Å². The summed E-state index contributed by atoms with van der Waals surface area (Å²) in [5, 5.41) is 4.46. The monoisotopic (exact) mass is 535 g/mol. The summed E-state index contributed by atoms with van der Waals surface area (Å²) in [7, 11) is 1.54. The fourth-order valence-electron chi connectivity index (χ4n) is 4.12. The molecule has 0 bridgehead atoms. The molecule has 36 heavy (non-hydrogen) atoms. The van der Waals surface area contributed by atoms with Crippen molar-refractivity contribution in [1.29, 1.82) is 0 Å². The third-order valence-corrected chi connectivity index (χ3v) is 7.48. The molecule has 5 nitrogen and oxygen atoms in total. The first-order chi connectivity index (χ1) is 17.4. The molecule has 0 fully saturated rings. The maximum Gasteiger partial charge on any atom is 0.282 e. The Balaban J connectivity index is 1.77. The Morgan fingerprint density at radius 3 is 2.53 bits per heavy atom. The van der Waals surface area contributed by atoms with Gasteiger partial charge >= 0.3 is 0 Å². The fourth-order valence-corrected chi connectivity index (χ4v) is 5.71. The number of halogens is 2. The van der Waals surface area contributed by atoms with Gasteiger partial charge in [0, 0.05) is 21.5 Å². The van der Waals surface area contributed by atoms with Crippen molar-refractivity contribution in [1.82, 2.24) is 0 Å². The van der Waals surface area contributed by atoms with E-state index in [1.54, 1.807) is 44.4 Å². The van der Waals surface area contributed by atoms with E-state index >= 15 is 0 Å². The average molecular weight is 536 g/mol. The number of ether oxygens (including phenoxy) is 1. The van der Waals surface area contributed by atoms with E-state index in [-0.39, 0.29) is 5.91 Å². The predicted molar refractivity (Wildman–Crippen MR) is 149 cm³/mol. The molecule has 1 aliphatic heterocycles. The van der Waals surface area contributed by atoms with Gasteiger partial charge in [-0.3, -0.25) is 4.79 Å². The zero-order valence-electron chi connectivity index (χ0n) is 19.7. The number of aliphatic imine (C=N–C) groups is 1. The maximum atomic E-state index is 13.7. The molecule has 4 rings (SSSR count). The molecule has 2 unspecified atom stereocenters. The lowest BCUT2D eigenvalue weighted by molar-refractivity contribution is -0.113. The van der Waals surface area contributed by atoms with Gasteiger partial charge in [0.25, 0.3) is 11.9 Å². The van der Waals surface area contributed by atoms with Crippen LogP contribution in [0.2, 0.25) is 10.0 Å². The summed E-state index contributed by atoms with van der Waals surface area (Å²) in [6, 6.07) is 21.6. The van der Waals surface area contributed by atoms with E-state index in [0.717, 1.165) is 5.56 Å². The van der Waals surface area contributed by atoms with Crippen LogP contribution in [0, 0.1) is 6.57 Å². The van der Waals surface area contributed by atoms with Crippen molar-refractivity contribution in [3.8, 4) is 5.75 Å². The van der Waals surface area contributed by atoms with E-state index in [0.29, 0.717) is 49.1 Å². The minimum atomic E-state index is -0.723. The standard InChI is InChI=1S/C28H23Cl2N3O2S/c1-17-24(27(34)33-22-11-7-8-12-23(22)35-3)25(20-14-13-19(29)15-21(20)30)26(31-2)28(32-17)36-16-18-9-5-4-6-10-18/h4-15,25-26H,16H2,1,3H3,(H,33,34). The number of nitrogens with zero attached hydrogens (tertiary/aromatic N) is 2. The van der Waals surface area contributed by atoms with Crippen molar-refractivity contribution >= 4 is 51.6 Å². The highest BCUT2D eigenvalue weighted by Gasteiger charge is 2.44. The molecule has 1 amide bonds. The van der Waals surface area contributed by atoms with Crippen LogP contribution in [0.15, 0.2) is 89.1 Å². The van der Waals surface area contributed by atoms with Gasteiger partial charge in [0.2, 0.25) is 0 Å². The quantitative estimate of drug-likeness (QED) is 0.330. The lowest BCUT2D eigenvalue weighted by atomic mass is 9.82. The number of hydrogen-bond donors (Lipinski definition) is 1. The highest BCUT2D eigenvalue weighted by Crippen LogP contribution is 2.43. The van der Waals surface area contributed by atoms with E-state index in [1.165, 1.54) is 11.8 Å². The van der Waals surface area contributed by atoms with Crippen molar-refractivity contribution in [2.24, 2.45) is 4.99 Å². The third-order valence-electron chi connectivity index (χ3n) is 5.81. The van der Waals surface area contributed by atoms with Gasteiger partial charge in [-0.25, -0.2) is 11.6 Å². The Hall–Kier alpha value is -3.24. The first-order valence-electron chi connectivity index (χ1n) is 11.1. The van der Waals surface area contributed by atoms with Crippen molar-refractivity contribution in [3.05, 3.63) is 117 Å². The van der Waals surface area contributed by atoms with Gasteiger partial charge < -0.3 is 14.9 Å². The molecular formula is C28H23Cl2N3O2S. The highest BCUT2D eigenvalue weighted by molar-refractivity contribution is 8.13. The van der Waals surface area contributed by atoms with Crippen molar-refractivity contribution in [3.63, 3.8) is 0 Å². The fraction of sp³-hybridized carbons (Fsp3) is 0.179. The number of amides is 1. The number of benzene rings is 3. The van der Waals surface area contributed by atoms with E-state index in [4.69, 9.17) is 39.5 Å². The minimum absolute atomic E-state index is 0.363. The molecule has 0 aliphatic carbocycles. The normalized spacial score (nSPS) is 17.2. The van der Waals surface area contributed by atoms with Crippen LogP contribution in [-0.4, -0.2) is 24.1 Å². The lowest BCUT2D eigenvalue weighted by Gasteiger charge is -2.28. The minimum Gasteiger partial charge on any atom is -0.495 e. The maximum absolute atomic E-state index is 13.7. The number of hydrogen-bond acceptors (Lipinski definition) is 4. The van der Waals surface area contributed by atoms with E-state index in [1.807, 2.05) is 42.5 Å². The topological polar surface area (TPSA) is 55.0 Å². The smallest absolute Gasteiger partial charge is 0.282 e. The molecule has 8 heteroatoms. The van der Waals surface area contributed by atoms with Gasteiger partial charge in [-0.05, 0) is 42.3 Å². The molecular weight excluding hydrogens is 513 g/mol. The Labute approximate surface area is 225 Å². The first-order valence-corrected chi connectivity index (χ1v) is 12.9. The van der Waals surface area contributed by atoms with E-state index in [2.05, 4.69) is 10.2 Å². The molecule has 0 radical (unpaired) electrons. The Kier molecular flexibility index (Phi) is 8.37. The molecule has 1 heterocycles. The molecule has 1 aliphatic rings. The van der Waals surface area contributed by atoms with Gasteiger partial charge in [0.1, 0.15) is 5.75 Å². The van der Waals surface area contributed by atoms with E-state index in [9.17, 15) is 4.79 Å². The molecule has 0 saturated carbocycles. The van der Waals surface area contributed by atoms with E-state index < -0.39 is 12.0 Å². The Morgan fingerprint density at radius 1 is 1.11 bits per heavy atom. The second-order valence-electron chi connectivity index (χ2n) is 8.10. The summed E-state index contributed by atoms with van der Waals surface area (Å²) >= 11 is 14.3. The largest absolute Gasteiger partial charge is 0.495 e. The summed E-state index contributed by atoms with van der Waals surface area (Å²) in [4.78, 5) is 22.4. The number of allylic oxidation sites excluding steroid dienone is 1. The number of methoxy groups -OCH3 is 1. The first kappa shape index (κ1) is 25.8. The van der Waals surface area contributed by atoms with Crippen molar-refractivity contribution in [2.45, 2.75) is 24.6 Å². The van der Waals surface area contributed by atoms with Crippen molar-refractivity contribution in [2.75, 3.05) is 12.4 Å². The van der Waals surface area contributed by atoms with Crippen LogP contribution in [0.25, 0.3) is 4.85 Å². The van der Waals surface area contributed by atoms with Gasteiger partial charge in [-0.1, -0.05) is 83.5 Å². The molecule has 0 spiro atoms. The summed E-state index contributed by atoms with van der Waals surface area (Å²) in [6.45, 7) is 9.86. The number of anilines is 1. The number of para-hydroxylation sites is 2. The molecule has 0 saturated heterocycles. The molecule has 1 N–H and O–H groups in total. The number of carbonyl (C=O) groups excluding carboxylic acids is 1. The second-order valence-corrected chi connectivity index (χ2v) is 9.93. The van der Waals surface area contributed by atoms with Crippen LogP contribution in [0.4, 0.5) is 5.69 Å². The number of nitrogens with one attached hydrogen (secondary N) is 1. The summed E-state index contributed by atoms with van der Waals surface area (Å²) < 4.78 is 5.39. The summed E-state index contributed by atoms with van der Waals surface area (Å²) in [5.41, 5.74) is 3.22. The third kappa shape index (κ3) is 5.60. The predicted octanol–water partition coefficient (Wildman–Crippen LogP) is 7.63. The number of thioether (sulfide) groups is 1. The summed E-state index contributed by atoms with van der Waals surface area (Å²) in [6.07, 6.45) is 0. The molecule has 3 aromatic carbocycles. The van der Waals surface area contributed by atoms with Crippen LogP contribution >= 0.6 is 35.0 Å². The van der Waals surface area contributed by atoms with Gasteiger partial charge in [0.05, 0.1) is 24.3 Å².